The van der Waals surface area contributed by atoms with Crippen LogP contribution in [0.4, 0.5) is 0 Å². The molecule has 0 bridgehead atoms. The molecule has 4 rings (SSSR count). The van der Waals surface area contributed by atoms with E-state index in [0.29, 0.717) is 0 Å². The molecule has 0 aliphatic carbocycles. The monoisotopic (exact) mass is 436 g/mol. The molecule has 27 heavy (non-hydrogen) atoms. The summed E-state index contributed by atoms with van der Waals surface area (Å²) in [5.41, 5.74) is 6.83. The van der Waals surface area contributed by atoms with E-state index < -0.39 is 0 Å². The van der Waals surface area contributed by atoms with Gasteiger partial charge in [-0.05, 0) is 0 Å². The van der Waals surface area contributed by atoms with Gasteiger partial charge in [0.25, 0.3) is 0 Å². The van der Waals surface area contributed by atoms with Crippen LogP contribution in [-0.2, 0) is 20.4 Å². The Labute approximate surface area is 174 Å². The van der Waals surface area contributed by atoms with Crippen molar-refractivity contribution >= 4 is 11.1 Å². The van der Waals surface area contributed by atoms with Gasteiger partial charge in [-0.25, -0.2) is 0 Å². The van der Waals surface area contributed by atoms with Gasteiger partial charge in [-0.3, -0.25) is 0 Å². The predicted molar refractivity (Wildman–Crippen MR) is 108 cm³/mol. The molecule has 4 aromatic rings. The normalized spacial score (nSPS) is 11.3. The van der Waals surface area contributed by atoms with Crippen molar-refractivity contribution < 1.29 is 20.4 Å². The number of hydrogen-bond donors (Lipinski definition) is 0. The van der Waals surface area contributed by atoms with E-state index in [4.69, 9.17) is 0 Å². The van der Waals surface area contributed by atoms with E-state index in [1.165, 1.54) is 22.3 Å². The van der Waals surface area contributed by atoms with Gasteiger partial charge in [0.1, 0.15) is 0 Å². The van der Waals surface area contributed by atoms with E-state index in [1.807, 2.05) is 36.4 Å². The van der Waals surface area contributed by atoms with Gasteiger partial charge in [0, 0.05) is 0 Å². The van der Waals surface area contributed by atoms with Gasteiger partial charge in [0.2, 0.25) is 0 Å². The molecule has 0 aliphatic rings. The topological polar surface area (TPSA) is 0 Å². The zero-order valence-corrected chi connectivity index (χ0v) is 16.3. The second-order valence-electron chi connectivity index (χ2n) is 6.03. The quantitative estimate of drug-likeness (QED) is 0.200. The molecule has 0 spiro atoms. The third-order valence-electron chi connectivity index (χ3n) is 4.33. The first-order valence-corrected chi connectivity index (χ1v) is 8.73. The maximum atomic E-state index is 3.42. The molecule has 0 aromatic heterocycles. The van der Waals surface area contributed by atoms with Crippen molar-refractivity contribution in [1.82, 2.24) is 0 Å². The maximum absolute atomic E-state index is 3.42. The van der Waals surface area contributed by atoms with Crippen LogP contribution in [0.15, 0.2) is 109 Å². The van der Waals surface area contributed by atoms with Crippen molar-refractivity contribution in [1.29, 1.82) is 0 Å². The molecule has 0 saturated carbocycles. The Bertz CT molecular complexity index is 821. The van der Waals surface area contributed by atoms with E-state index in [2.05, 4.69) is 84.9 Å². The zero-order chi connectivity index (χ0) is 17.6. The van der Waals surface area contributed by atoms with Crippen LogP contribution in [-0.4, -0.2) is 0 Å². The van der Waals surface area contributed by atoms with Gasteiger partial charge in [-0.1, -0.05) is 71.8 Å². The minimum atomic E-state index is 0. The van der Waals surface area contributed by atoms with Crippen LogP contribution in [0.1, 0.15) is 22.3 Å². The molecular weight excluding hydrogens is 419 g/mol. The van der Waals surface area contributed by atoms with Crippen molar-refractivity contribution in [3.05, 3.63) is 144 Å². The molecule has 132 valence electrons. The number of rotatable bonds is 4. The average molecular weight is 437 g/mol. The molecule has 0 heterocycles. The Balaban J connectivity index is 0.00000210. The van der Waals surface area contributed by atoms with Crippen LogP contribution in [0.2, 0.25) is 0 Å². The molecule has 0 saturated heterocycles. The van der Waals surface area contributed by atoms with Gasteiger partial charge in [0.15, 0.2) is 0 Å². The molecule has 0 fully saturated rings. The summed E-state index contributed by atoms with van der Waals surface area (Å²) in [5.74, 6) is 0. The average Bonchev–Trinajstić information content (AvgIpc) is 2.74. The summed E-state index contributed by atoms with van der Waals surface area (Å²) in [6, 6.07) is 44.2. The van der Waals surface area contributed by atoms with Gasteiger partial charge in [0.05, 0.1) is 0 Å². The Hall–Kier alpha value is -2.72. The third kappa shape index (κ3) is 4.34. The SMILES string of the molecule is [Pd+2].[c-]1ccccc1/C(=C(\c1[c-]cccc1)c1ccccc1)c1ccccc1. The molecule has 0 unspecified atom stereocenters. The summed E-state index contributed by atoms with van der Waals surface area (Å²) in [7, 11) is 0. The first-order valence-electron chi connectivity index (χ1n) is 8.73. The second-order valence-corrected chi connectivity index (χ2v) is 6.03. The summed E-state index contributed by atoms with van der Waals surface area (Å²) >= 11 is 0. The molecule has 0 aliphatic heterocycles. The summed E-state index contributed by atoms with van der Waals surface area (Å²) in [6.45, 7) is 0. The summed E-state index contributed by atoms with van der Waals surface area (Å²) < 4.78 is 0. The standard InChI is InChI=1S/C26H18.Pd/c1-5-13-21(14-6-1)25(22-15-7-2-8-16-22)26(23-17-9-3-10-18-23)24-19-11-4-12-20-24;/h1-15,17-19H;/q-2;+2/b26-25-;. The van der Waals surface area contributed by atoms with E-state index in [-0.39, 0.29) is 20.4 Å². The van der Waals surface area contributed by atoms with Crippen LogP contribution in [0, 0.1) is 12.1 Å². The summed E-state index contributed by atoms with van der Waals surface area (Å²) in [5, 5.41) is 0. The van der Waals surface area contributed by atoms with Crippen LogP contribution in [0.3, 0.4) is 0 Å². The van der Waals surface area contributed by atoms with Crippen LogP contribution >= 0.6 is 0 Å². The van der Waals surface area contributed by atoms with Crippen LogP contribution < -0.4 is 0 Å². The molecule has 0 N–H and O–H groups in total. The first-order chi connectivity index (χ1) is 12.9. The Kier molecular flexibility index (Phi) is 6.55. The van der Waals surface area contributed by atoms with E-state index in [0.717, 1.165) is 11.1 Å². The maximum Gasteiger partial charge on any atom is 2.00 e. The fourth-order valence-corrected chi connectivity index (χ4v) is 3.18. The van der Waals surface area contributed by atoms with Crippen molar-refractivity contribution in [2.75, 3.05) is 0 Å². The number of benzene rings is 4. The molecule has 0 atom stereocenters. The van der Waals surface area contributed by atoms with Crippen molar-refractivity contribution in [3.8, 4) is 0 Å². The Morgan fingerprint density at radius 1 is 0.444 bits per heavy atom. The van der Waals surface area contributed by atoms with Crippen LogP contribution in [0.25, 0.3) is 11.1 Å². The van der Waals surface area contributed by atoms with Gasteiger partial charge < -0.3 is 0 Å². The minimum absolute atomic E-state index is 0. The van der Waals surface area contributed by atoms with E-state index in [1.54, 1.807) is 0 Å². The smallest absolute Gasteiger partial charge is 0.151 e. The molecule has 1 heteroatoms. The van der Waals surface area contributed by atoms with E-state index >= 15 is 0 Å². The van der Waals surface area contributed by atoms with Gasteiger partial charge >= 0.3 is 20.4 Å². The largest absolute Gasteiger partial charge is 2.00 e. The van der Waals surface area contributed by atoms with Gasteiger partial charge in [-0.2, -0.15) is 11.1 Å². The van der Waals surface area contributed by atoms with Gasteiger partial charge in [-0.15, -0.1) is 71.8 Å². The zero-order valence-electron chi connectivity index (χ0n) is 14.7. The minimum Gasteiger partial charge on any atom is -0.151 e. The molecule has 0 amide bonds. The first kappa shape index (κ1) is 19.1. The molecular formula is C26H18Pd. The fourth-order valence-electron chi connectivity index (χ4n) is 3.18. The second kappa shape index (κ2) is 9.29. The Morgan fingerprint density at radius 3 is 1.15 bits per heavy atom. The van der Waals surface area contributed by atoms with Crippen molar-refractivity contribution in [3.63, 3.8) is 0 Å². The summed E-state index contributed by atoms with van der Waals surface area (Å²) in [6.07, 6.45) is 0. The van der Waals surface area contributed by atoms with Crippen molar-refractivity contribution in [2.45, 2.75) is 0 Å². The third-order valence-corrected chi connectivity index (χ3v) is 4.33. The van der Waals surface area contributed by atoms with E-state index in [9.17, 15) is 0 Å². The molecule has 0 radical (unpaired) electrons. The number of hydrogen-bond acceptors (Lipinski definition) is 0. The summed E-state index contributed by atoms with van der Waals surface area (Å²) in [4.78, 5) is 0. The van der Waals surface area contributed by atoms with Crippen LogP contribution in [0.5, 0.6) is 0 Å². The van der Waals surface area contributed by atoms with Crippen molar-refractivity contribution in [2.24, 2.45) is 0 Å². The molecule has 4 aromatic carbocycles. The molecule has 0 nitrogen and oxygen atoms in total. The Morgan fingerprint density at radius 2 is 0.815 bits per heavy atom. The fraction of sp³-hybridized carbons (Fsp3) is 0. The predicted octanol–water partition coefficient (Wildman–Crippen LogP) is 6.29.